The van der Waals surface area contributed by atoms with Gasteiger partial charge in [0, 0.05) is 62.1 Å². The first kappa shape index (κ1) is 62.9. The lowest BCUT2D eigenvalue weighted by atomic mass is 10.1. The number of ketones is 1. The molecule has 0 unspecified atom stereocenters. The fraction of sp³-hybridized carbons (Fsp3) is 0.310. The van der Waals surface area contributed by atoms with Gasteiger partial charge in [-0.3, -0.25) is 4.79 Å². The van der Waals surface area contributed by atoms with Crippen molar-refractivity contribution < 1.29 is 47.9 Å². The molecule has 4 aromatic carbocycles. The number of nitrogens with two attached hydrogens (primary N) is 1. The molecule has 0 aliphatic heterocycles. The van der Waals surface area contributed by atoms with Crippen LogP contribution in [-0.4, -0.2) is 101 Å². The molecule has 18 nitrogen and oxygen atoms in total. The lowest BCUT2D eigenvalue weighted by Gasteiger charge is -2.09. The number of aryl methyl sites for hydroxylation is 8. The summed E-state index contributed by atoms with van der Waals surface area (Å²) in [6, 6.07) is 25.7. The van der Waals surface area contributed by atoms with Crippen LogP contribution in [0.25, 0.3) is 0 Å². The number of aliphatic hydroxyl groups is 1. The van der Waals surface area contributed by atoms with Crippen LogP contribution in [0.3, 0.4) is 0 Å². The average molecular weight is 1070 g/mol. The SMILES string of the molecule is CCOC(=O)c1cnc(CCc2cc(C)ccc2OC)nc1.CCOC(=O)c1cnc(Cl)nc1.COc1ccc(C)cc1C#N.COc1ccc(C)cc1CCc1ncc(C(=O)CO)cn1.COc1ccc(C)cc1CN. The van der Waals surface area contributed by atoms with Crippen molar-refractivity contribution in [2.75, 3.05) is 48.3 Å². The second-order valence-electron chi connectivity index (χ2n) is 16.5. The molecule has 0 saturated heterocycles. The van der Waals surface area contributed by atoms with Crippen molar-refractivity contribution >= 4 is 29.3 Å². The number of hydrogen-bond donors (Lipinski definition) is 2. The van der Waals surface area contributed by atoms with E-state index >= 15 is 0 Å². The van der Waals surface area contributed by atoms with Crippen LogP contribution in [0.4, 0.5) is 0 Å². The van der Waals surface area contributed by atoms with Crippen LogP contribution in [0, 0.1) is 39.0 Å². The molecule has 7 rings (SSSR count). The predicted octanol–water partition coefficient (Wildman–Crippen LogP) is 9.15. The zero-order valence-corrected chi connectivity index (χ0v) is 46.0. The minimum Gasteiger partial charge on any atom is -0.496 e. The number of aliphatic hydroxyl groups excluding tert-OH is 1. The third-order valence-corrected chi connectivity index (χ3v) is 11.0. The molecule has 0 aliphatic carbocycles. The average Bonchev–Trinajstić information content (AvgIpc) is 3.45. The van der Waals surface area contributed by atoms with Gasteiger partial charge in [-0.25, -0.2) is 39.5 Å². The number of benzene rings is 4. The van der Waals surface area contributed by atoms with Gasteiger partial charge in [0.1, 0.15) is 47.3 Å². The van der Waals surface area contributed by atoms with Gasteiger partial charge in [0.15, 0.2) is 5.78 Å². The third-order valence-electron chi connectivity index (χ3n) is 10.8. The number of nitriles is 1. The molecule has 3 heterocycles. The first-order valence-electron chi connectivity index (χ1n) is 24.3. The summed E-state index contributed by atoms with van der Waals surface area (Å²) in [6.45, 7) is 12.3. The quantitative estimate of drug-likeness (QED) is 0.0489. The number of carbonyl (C=O) groups is 3. The van der Waals surface area contributed by atoms with E-state index in [-0.39, 0.29) is 11.1 Å². The fourth-order valence-electron chi connectivity index (χ4n) is 6.83. The third kappa shape index (κ3) is 21.8. The Labute approximate surface area is 455 Å². The molecule has 7 aromatic rings. The molecule has 0 aliphatic rings. The van der Waals surface area contributed by atoms with Crippen molar-refractivity contribution in [1.29, 1.82) is 5.26 Å². The van der Waals surface area contributed by atoms with Crippen molar-refractivity contribution in [3.63, 3.8) is 0 Å². The molecule has 0 radical (unpaired) electrons. The van der Waals surface area contributed by atoms with Crippen LogP contribution in [0.5, 0.6) is 23.0 Å². The highest BCUT2D eigenvalue weighted by atomic mass is 35.5. The second-order valence-corrected chi connectivity index (χ2v) is 16.8. The van der Waals surface area contributed by atoms with Crippen LogP contribution in [0.15, 0.2) is 110 Å². The number of rotatable bonds is 17. The highest BCUT2D eigenvalue weighted by Crippen LogP contribution is 2.23. The van der Waals surface area contributed by atoms with Crippen LogP contribution in [-0.2, 0) is 41.7 Å². The van der Waals surface area contributed by atoms with Crippen LogP contribution in [0.1, 0.15) is 101 Å². The monoisotopic (exact) mass is 1070 g/mol. The molecule has 406 valence electrons. The molecule has 3 aromatic heterocycles. The summed E-state index contributed by atoms with van der Waals surface area (Å²) in [5, 5.41) is 17.5. The lowest BCUT2D eigenvalue weighted by Crippen LogP contribution is -2.07. The highest BCUT2D eigenvalue weighted by Gasteiger charge is 2.11. The Kier molecular flexibility index (Phi) is 28.0. The number of carbonyl (C=O) groups excluding carboxylic acids is 3. The molecule has 3 N–H and O–H groups in total. The molecule has 77 heavy (non-hydrogen) atoms. The normalized spacial score (nSPS) is 9.92. The topological polar surface area (TPSA) is 254 Å². The summed E-state index contributed by atoms with van der Waals surface area (Å²) in [6.07, 6.45) is 11.5. The van der Waals surface area contributed by atoms with Gasteiger partial charge < -0.3 is 39.3 Å². The molecule has 0 saturated carbocycles. The Bertz CT molecular complexity index is 2990. The van der Waals surface area contributed by atoms with Crippen molar-refractivity contribution in [1.82, 2.24) is 29.9 Å². The van der Waals surface area contributed by atoms with E-state index in [1.165, 1.54) is 53.9 Å². The Morgan fingerprint density at radius 2 is 0.883 bits per heavy atom. The van der Waals surface area contributed by atoms with E-state index in [2.05, 4.69) is 48.1 Å². The van der Waals surface area contributed by atoms with Crippen LogP contribution < -0.4 is 24.7 Å². The summed E-state index contributed by atoms with van der Waals surface area (Å²) in [5.74, 6) is 3.38. The largest absolute Gasteiger partial charge is 0.496 e. The Hall–Kier alpha value is -8.37. The number of halogens is 1. The van der Waals surface area contributed by atoms with Crippen LogP contribution in [0.2, 0.25) is 5.28 Å². The maximum absolute atomic E-state index is 11.5. The number of nitrogens with zero attached hydrogens (tertiary/aromatic N) is 7. The van der Waals surface area contributed by atoms with Gasteiger partial charge in [-0.1, -0.05) is 59.2 Å². The number of Topliss-reactive ketones (excluding diaryl/α,β-unsaturated/α-hetero) is 1. The molecular formula is C58H67ClN8O10. The van der Waals surface area contributed by atoms with E-state index in [4.69, 9.17) is 56.1 Å². The molecule has 0 spiro atoms. The summed E-state index contributed by atoms with van der Waals surface area (Å²) in [4.78, 5) is 57.9. The van der Waals surface area contributed by atoms with Crippen molar-refractivity contribution in [3.05, 3.63) is 188 Å². The Morgan fingerprint density at radius 1 is 0.532 bits per heavy atom. The fourth-order valence-corrected chi connectivity index (χ4v) is 6.93. The maximum atomic E-state index is 11.5. The standard InChI is InChI=1S/C17H20N2O3.C16H18N2O3.C9H13NO.C9H9NO.C7H7ClN2O2/c1-4-22-17(20)14-10-18-16(19-11-14)8-6-13-9-12(2)5-7-15(13)21-3;1-11-3-5-15(21-2)12(7-11)4-6-16-17-8-13(9-18-16)14(20)10-19;2*1-7-3-4-9(11-2)8(5-7)6-10;1-2-12-6(11)5-3-9-7(8)10-4-5/h5,7,9-11H,4,6,8H2,1-3H3;3,5,7-9,19H,4,6,10H2,1-2H3;3-5H,6,10H2,1-2H3;3-5H,1-2H3;3-4H,2H2,1H3. The minimum absolute atomic E-state index is 0.114. The van der Waals surface area contributed by atoms with Gasteiger partial charge in [0.05, 0.1) is 63.9 Å². The van der Waals surface area contributed by atoms with Crippen LogP contribution >= 0.6 is 11.6 Å². The molecule has 0 atom stereocenters. The predicted molar refractivity (Wildman–Crippen MR) is 293 cm³/mol. The van der Waals surface area contributed by atoms with E-state index in [1.807, 2.05) is 76.2 Å². The van der Waals surface area contributed by atoms with E-state index in [1.54, 1.807) is 54.4 Å². The van der Waals surface area contributed by atoms with Gasteiger partial charge in [-0.15, -0.1) is 0 Å². The van der Waals surface area contributed by atoms with Gasteiger partial charge in [0.25, 0.3) is 0 Å². The maximum Gasteiger partial charge on any atom is 0.341 e. The molecule has 0 fully saturated rings. The lowest BCUT2D eigenvalue weighted by molar-refractivity contribution is 0.0515. The highest BCUT2D eigenvalue weighted by molar-refractivity contribution is 6.28. The van der Waals surface area contributed by atoms with Crippen molar-refractivity contribution in [2.45, 2.75) is 73.8 Å². The van der Waals surface area contributed by atoms with Gasteiger partial charge in [-0.2, -0.15) is 5.26 Å². The van der Waals surface area contributed by atoms with Crippen molar-refractivity contribution in [3.8, 4) is 29.1 Å². The summed E-state index contributed by atoms with van der Waals surface area (Å²) < 4.78 is 30.4. The number of aromatic nitrogens is 6. The molecular weight excluding hydrogens is 1000 g/mol. The van der Waals surface area contributed by atoms with Gasteiger partial charge >= 0.3 is 11.9 Å². The minimum atomic E-state index is -0.525. The molecule has 0 amide bonds. The summed E-state index contributed by atoms with van der Waals surface area (Å²) >= 11 is 5.42. The zero-order valence-electron chi connectivity index (χ0n) is 45.3. The smallest absolute Gasteiger partial charge is 0.341 e. The first-order valence-corrected chi connectivity index (χ1v) is 24.7. The van der Waals surface area contributed by atoms with E-state index in [9.17, 15) is 14.4 Å². The van der Waals surface area contributed by atoms with E-state index in [0.717, 1.165) is 52.3 Å². The van der Waals surface area contributed by atoms with E-state index in [0.29, 0.717) is 72.3 Å². The van der Waals surface area contributed by atoms with E-state index < -0.39 is 18.5 Å². The summed E-state index contributed by atoms with van der Waals surface area (Å²) in [7, 11) is 6.54. The zero-order chi connectivity index (χ0) is 56.7. The second kappa shape index (κ2) is 34.2. The van der Waals surface area contributed by atoms with Gasteiger partial charge in [-0.05, 0) is 113 Å². The van der Waals surface area contributed by atoms with Gasteiger partial charge in [0.2, 0.25) is 5.28 Å². The number of hydrogen-bond acceptors (Lipinski definition) is 18. The van der Waals surface area contributed by atoms with Crippen molar-refractivity contribution in [2.24, 2.45) is 5.73 Å². The first-order chi connectivity index (χ1) is 37.1. The molecule has 19 heteroatoms. The number of ether oxygens (including phenoxy) is 6. The Morgan fingerprint density at radius 3 is 1.25 bits per heavy atom. The Balaban J connectivity index is 0.000000262. The number of esters is 2. The number of methoxy groups -OCH3 is 4. The summed E-state index contributed by atoms with van der Waals surface area (Å²) in [5.41, 5.74) is 15.1. The molecule has 0 bridgehead atoms.